The third-order valence-corrected chi connectivity index (χ3v) is 4.39. The van der Waals surface area contributed by atoms with Crippen molar-refractivity contribution in [3.8, 4) is 11.3 Å². The van der Waals surface area contributed by atoms with Gasteiger partial charge in [-0.25, -0.2) is 0 Å². The van der Waals surface area contributed by atoms with E-state index in [-0.39, 0.29) is 5.91 Å². The first-order valence-corrected chi connectivity index (χ1v) is 7.87. The van der Waals surface area contributed by atoms with Crippen LogP contribution in [0.5, 0.6) is 0 Å². The first-order valence-electron chi connectivity index (χ1n) is 7.49. The van der Waals surface area contributed by atoms with Crippen LogP contribution in [0, 0.1) is 5.92 Å². The average Bonchev–Trinajstić information content (AvgIpc) is 2.99. The maximum absolute atomic E-state index is 12.5. The summed E-state index contributed by atoms with van der Waals surface area (Å²) in [5.74, 6) is 1.50. The molecule has 2 aromatic rings. The maximum Gasteiger partial charge on any atom is 0.289 e. The Morgan fingerprint density at radius 3 is 2.91 bits per heavy atom. The Bertz CT molecular complexity index is 696. The molecule has 0 spiro atoms. The number of amides is 1. The molecule has 1 aromatic carbocycles. The van der Waals surface area contributed by atoms with E-state index in [2.05, 4.69) is 6.92 Å². The molecule has 1 atom stereocenters. The molecule has 0 radical (unpaired) electrons. The SMILES string of the molecule is CC1CCCN(C(=O)c2ccc(-c3ccc(Cl)c(N)c3)o2)C1. The summed E-state index contributed by atoms with van der Waals surface area (Å²) in [5, 5.41) is 0.508. The van der Waals surface area contributed by atoms with Crippen LogP contribution in [0.25, 0.3) is 11.3 Å². The second kappa shape index (κ2) is 6.05. The van der Waals surface area contributed by atoms with E-state index >= 15 is 0 Å². The maximum atomic E-state index is 12.5. The van der Waals surface area contributed by atoms with Crippen molar-refractivity contribution in [3.63, 3.8) is 0 Å². The normalized spacial score (nSPS) is 18.5. The third-order valence-electron chi connectivity index (χ3n) is 4.04. The molecule has 0 bridgehead atoms. The Labute approximate surface area is 134 Å². The van der Waals surface area contributed by atoms with Crippen molar-refractivity contribution >= 4 is 23.2 Å². The largest absolute Gasteiger partial charge is 0.451 e. The number of nitrogen functional groups attached to an aromatic ring is 1. The first kappa shape index (κ1) is 15.0. The van der Waals surface area contributed by atoms with Crippen molar-refractivity contribution in [2.24, 2.45) is 5.92 Å². The summed E-state index contributed by atoms with van der Waals surface area (Å²) in [6.07, 6.45) is 2.23. The highest BCUT2D eigenvalue weighted by Crippen LogP contribution is 2.29. The minimum atomic E-state index is -0.0419. The highest BCUT2D eigenvalue weighted by Gasteiger charge is 2.24. The van der Waals surface area contributed by atoms with E-state index in [1.54, 1.807) is 24.3 Å². The van der Waals surface area contributed by atoms with Crippen LogP contribution in [-0.2, 0) is 0 Å². The highest BCUT2D eigenvalue weighted by atomic mass is 35.5. The fourth-order valence-electron chi connectivity index (χ4n) is 2.83. The lowest BCUT2D eigenvalue weighted by atomic mass is 10.0. The molecular weight excluding hydrogens is 300 g/mol. The smallest absolute Gasteiger partial charge is 0.289 e. The van der Waals surface area contributed by atoms with Crippen LogP contribution in [0.15, 0.2) is 34.7 Å². The lowest BCUT2D eigenvalue weighted by Crippen LogP contribution is -2.38. The van der Waals surface area contributed by atoms with Crippen LogP contribution in [-0.4, -0.2) is 23.9 Å². The van der Waals surface area contributed by atoms with Crippen molar-refractivity contribution in [2.45, 2.75) is 19.8 Å². The van der Waals surface area contributed by atoms with E-state index in [4.69, 9.17) is 21.8 Å². The topological polar surface area (TPSA) is 59.5 Å². The zero-order valence-corrected chi connectivity index (χ0v) is 13.3. The molecule has 1 saturated heterocycles. The van der Waals surface area contributed by atoms with Crippen LogP contribution in [0.3, 0.4) is 0 Å². The van der Waals surface area contributed by atoms with Gasteiger partial charge in [0.15, 0.2) is 5.76 Å². The van der Waals surface area contributed by atoms with Gasteiger partial charge in [0.1, 0.15) is 5.76 Å². The Kier molecular flexibility index (Phi) is 4.12. The average molecular weight is 319 g/mol. The molecule has 3 rings (SSSR count). The number of carbonyl (C=O) groups is 1. The number of piperidine rings is 1. The monoisotopic (exact) mass is 318 g/mol. The number of anilines is 1. The van der Waals surface area contributed by atoms with Gasteiger partial charge >= 0.3 is 0 Å². The molecule has 1 unspecified atom stereocenters. The van der Waals surface area contributed by atoms with Gasteiger partial charge in [0.25, 0.3) is 5.91 Å². The van der Waals surface area contributed by atoms with Gasteiger partial charge in [-0.1, -0.05) is 18.5 Å². The van der Waals surface area contributed by atoms with Gasteiger partial charge in [-0.3, -0.25) is 4.79 Å². The molecule has 5 heteroatoms. The van der Waals surface area contributed by atoms with Gasteiger partial charge in [-0.2, -0.15) is 0 Å². The molecular formula is C17H19ClN2O2. The molecule has 1 aliphatic rings. The summed E-state index contributed by atoms with van der Waals surface area (Å²) >= 11 is 5.92. The van der Waals surface area contributed by atoms with E-state index in [0.29, 0.717) is 28.1 Å². The highest BCUT2D eigenvalue weighted by molar-refractivity contribution is 6.33. The van der Waals surface area contributed by atoms with Crippen LogP contribution < -0.4 is 5.73 Å². The number of halogens is 1. The summed E-state index contributed by atoms with van der Waals surface area (Å²) in [5.41, 5.74) is 7.11. The fraction of sp³-hybridized carbons (Fsp3) is 0.353. The molecule has 2 N–H and O–H groups in total. The molecule has 1 aromatic heterocycles. The van der Waals surface area contributed by atoms with Crippen LogP contribution in [0.4, 0.5) is 5.69 Å². The summed E-state index contributed by atoms with van der Waals surface area (Å²) in [4.78, 5) is 14.4. The van der Waals surface area contributed by atoms with E-state index in [9.17, 15) is 4.79 Å². The van der Waals surface area contributed by atoms with Gasteiger partial charge in [0.05, 0.1) is 10.7 Å². The Hall–Kier alpha value is -1.94. The summed E-state index contributed by atoms with van der Waals surface area (Å²) < 4.78 is 5.72. The summed E-state index contributed by atoms with van der Waals surface area (Å²) in [7, 11) is 0. The molecule has 116 valence electrons. The van der Waals surface area contributed by atoms with Crippen molar-refractivity contribution in [1.29, 1.82) is 0 Å². The van der Waals surface area contributed by atoms with Crippen molar-refractivity contribution in [2.75, 3.05) is 18.8 Å². The van der Waals surface area contributed by atoms with Crippen LogP contribution >= 0.6 is 11.6 Å². The predicted molar refractivity (Wildman–Crippen MR) is 87.9 cm³/mol. The quantitative estimate of drug-likeness (QED) is 0.850. The zero-order valence-electron chi connectivity index (χ0n) is 12.5. The summed E-state index contributed by atoms with van der Waals surface area (Å²) in [6, 6.07) is 8.82. The minimum Gasteiger partial charge on any atom is -0.451 e. The van der Waals surface area contributed by atoms with E-state index in [0.717, 1.165) is 25.1 Å². The second-order valence-electron chi connectivity index (χ2n) is 5.90. The minimum absolute atomic E-state index is 0.0419. The number of carbonyl (C=O) groups excluding carboxylic acids is 1. The predicted octanol–water partition coefficient (Wildman–Crippen LogP) is 4.05. The summed E-state index contributed by atoms with van der Waals surface area (Å²) in [6.45, 7) is 3.76. The number of likely N-dealkylation sites (tertiary alicyclic amines) is 1. The molecule has 4 nitrogen and oxygen atoms in total. The van der Waals surface area contributed by atoms with Gasteiger partial charge in [0, 0.05) is 18.7 Å². The molecule has 0 saturated carbocycles. The zero-order chi connectivity index (χ0) is 15.7. The third kappa shape index (κ3) is 2.97. The number of benzene rings is 1. The van der Waals surface area contributed by atoms with Crippen molar-refractivity contribution in [1.82, 2.24) is 4.90 Å². The van der Waals surface area contributed by atoms with Crippen molar-refractivity contribution in [3.05, 3.63) is 41.1 Å². The number of nitrogens with two attached hydrogens (primary N) is 1. The molecule has 2 heterocycles. The lowest BCUT2D eigenvalue weighted by Gasteiger charge is -2.30. The number of hydrogen-bond donors (Lipinski definition) is 1. The van der Waals surface area contributed by atoms with Gasteiger partial charge in [-0.15, -0.1) is 0 Å². The van der Waals surface area contributed by atoms with Crippen LogP contribution in [0.1, 0.15) is 30.3 Å². The van der Waals surface area contributed by atoms with E-state index < -0.39 is 0 Å². The molecule has 1 fully saturated rings. The number of rotatable bonds is 2. The first-order chi connectivity index (χ1) is 10.5. The number of nitrogens with zero attached hydrogens (tertiary/aromatic N) is 1. The Morgan fingerprint density at radius 2 is 2.18 bits per heavy atom. The molecule has 1 amide bonds. The van der Waals surface area contributed by atoms with Crippen molar-refractivity contribution < 1.29 is 9.21 Å². The molecule has 1 aliphatic heterocycles. The van der Waals surface area contributed by atoms with E-state index in [1.807, 2.05) is 11.0 Å². The Morgan fingerprint density at radius 1 is 1.36 bits per heavy atom. The number of furan rings is 1. The molecule has 22 heavy (non-hydrogen) atoms. The lowest BCUT2D eigenvalue weighted by molar-refractivity contribution is 0.0652. The van der Waals surface area contributed by atoms with Gasteiger partial charge in [0.2, 0.25) is 0 Å². The fourth-order valence-corrected chi connectivity index (χ4v) is 2.95. The second-order valence-corrected chi connectivity index (χ2v) is 6.31. The number of hydrogen-bond acceptors (Lipinski definition) is 3. The van der Waals surface area contributed by atoms with E-state index in [1.165, 1.54) is 6.42 Å². The Balaban J connectivity index is 1.81. The van der Waals surface area contributed by atoms with Gasteiger partial charge < -0.3 is 15.1 Å². The standard InChI is InChI=1S/C17H19ClN2O2/c1-11-3-2-8-20(10-11)17(21)16-7-6-15(22-16)12-4-5-13(18)14(19)9-12/h4-7,9,11H,2-3,8,10,19H2,1H3. The van der Waals surface area contributed by atoms with Gasteiger partial charge in [-0.05, 0) is 49.1 Å². The van der Waals surface area contributed by atoms with Crippen LogP contribution in [0.2, 0.25) is 5.02 Å². The molecule has 0 aliphatic carbocycles.